The van der Waals surface area contributed by atoms with Gasteiger partial charge >= 0.3 is 5.97 Å². The van der Waals surface area contributed by atoms with Crippen molar-refractivity contribution in [2.45, 2.75) is 24.6 Å². The molecule has 3 heterocycles. The van der Waals surface area contributed by atoms with E-state index in [1.165, 1.54) is 29.2 Å². The summed E-state index contributed by atoms with van der Waals surface area (Å²) in [5.74, 6) is -2.59. The van der Waals surface area contributed by atoms with Gasteiger partial charge in [-0.15, -0.1) is 16.1 Å². The lowest BCUT2D eigenvalue weighted by Gasteiger charge is -2.22. The van der Waals surface area contributed by atoms with Gasteiger partial charge in [-0.05, 0) is 19.9 Å². The summed E-state index contributed by atoms with van der Waals surface area (Å²) < 4.78 is 0.422. The Kier molecular flexibility index (Phi) is 6.12. The van der Waals surface area contributed by atoms with Crippen molar-refractivity contribution in [1.82, 2.24) is 15.0 Å². The van der Waals surface area contributed by atoms with E-state index in [0.29, 0.717) is 25.0 Å². The average Bonchev–Trinajstić information content (AvgIpc) is 3.41. The highest BCUT2D eigenvalue weighted by atomic mass is 35.5. The zero-order chi connectivity index (χ0) is 24.1. The molecule has 1 unspecified atom stereocenters. The molecule has 1 aromatic carbocycles. The SMILES string of the molecule is CC1(C)SC(c2nc3cc(Cl)c(O)c(Cl)c3s2)=NC1C(=O)NCC(=O)On1c(O)ccc1O. The molecule has 0 aliphatic carbocycles. The molecule has 33 heavy (non-hydrogen) atoms. The Balaban J connectivity index is 1.49. The summed E-state index contributed by atoms with van der Waals surface area (Å²) in [5.41, 5.74) is 0.496. The van der Waals surface area contributed by atoms with Crippen LogP contribution in [0.4, 0.5) is 0 Å². The van der Waals surface area contributed by atoms with Gasteiger partial charge in [0.1, 0.15) is 27.7 Å². The molecule has 0 saturated heterocycles. The van der Waals surface area contributed by atoms with Gasteiger partial charge in [-0.1, -0.05) is 35.0 Å². The van der Waals surface area contributed by atoms with E-state index in [4.69, 9.17) is 28.0 Å². The molecule has 10 nitrogen and oxygen atoms in total. The molecule has 1 atom stereocenters. The number of thiazole rings is 1. The number of rotatable bonds is 5. The molecular formula is C19H16Cl2N4O6S2. The molecule has 0 radical (unpaired) electrons. The van der Waals surface area contributed by atoms with E-state index in [9.17, 15) is 24.9 Å². The number of phenolic OH excluding ortho intramolecular Hbond substituents is 1. The second kappa shape index (κ2) is 8.60. The fourth-order valence-electron chi connectivity index (χ4n) is 3.04. The predicted molar refractivity (Wildman–Crippen MR) is 126 cm³/mol. The van der Waals surface area contributed by atoms with Crippen LogP contribution >= 0.6 is 46.3 Å². The molecular weight excluding hydrogens is 515 g/mol. The van der Waals surface area contributed by atoms with E-state index in [1.54, 1.807) is 0 Å². The van der Waals surface area contributed by atoms with Gasteiger partial charge in [-0.3, -0.25) is 9.79 Å². The van der Waals surface area contributed by atoms with Gasteiger partial charge in [0.2, 0.25) is 17.7 Å². The van der Waals surface area contributed by atoms with E-state index >= 15 is 0 Å². The number of hydrogen-bond acceptors (Lipinski definition) is 10. The van der Waals surface area contributed by atoms with Crippen molar-refractivity contribution < 1.29 is 29.7 Å². The van der Waals surface area contributed by atoms with Gasteiger partial charge in [0, 0.05) is 16.9 Å². The first kappa shape index (κ1) is 23.5. The fourth-order valence-corrected chi connectivity index (χ4v) is 5.79. The first-order chi connectivity index (χ1) is 15.5. The zero-order valence-corrected chi connectivity index (χ0v) is 20.1. The Labute approximate surface area is 204 Å². The van der Waals surface area contributed by atoms with Crippen molar-refractivity contribution in [2.75, 3.05) is 6.54 Å². The van der Waals surface area contributed by atoms with Crippen molar-refractivity contribution in [1.29, 1.82) is 0 Å². The average molecular weight is 531 g/mol. The number of nitrogens with one attached hydrogen (secondary N) is 1. The minimum absolute atomic E-state index is 0.0800. The molecule has 4 N–H and O–H groups in total. The predicted octanol–water partition coefficient (Wildman–Crippen LogP) is 2.93. The molecule has 174 valence electrons. The highest BCUT2D eigenvalue weighted by Gasteiger charge is 2.43. The van der Waals surface area contributed by atoms with Crippen molar-refractivity contribution in [3.05, 3.63) is 33.3 Å². The van der Waals surface area contributed by atoms with E-state index < -0.39 is 41.0 Å². The zero-order valence-electron chi connectivity index (χ0n) is 17.0. The lowest BCUT2D eigenvalue weighted by molar-refractivity contribution is -0.145. The molecule has 3 aromatic rings. The van der Waals surface area contributed by atoms with Crippen molar-refractivity contribution in [3.63, 3.8) is 0 Å². The fraction of sp³-hybridized carbons (Fsp3) is 0.263. The Bertz CT molecular complexity index is 1300. The number of benzene rings is 1. The minimum atomic E-state index is -0.907. The summed E-state index contributed by atoms with van der Waals surface area (Å²) in [5, 5.41) is 32.6. The molecule has 14 heteroatoms. The maximum atomic E-state index is 12.8. The lowest BCUT2D eigenvalue weighted by Crippen LogP contribution is -2.45. The molecule has 1 aliphatic rings. The highest BCUT2D eigenvalue weighted by molar-refractivity contribution is 8.16. The quantitative estimate of drug-likeness (QED) is 0.393. The van der Waals surface area contributed by atoms with Crippen LogP contribution in [-0.2, 0) is 9.59 Å². The lowest BCUT2D eigenvalue weighted by atomic mass is 10.0. The van der Waals surface area contributed by atoms with Crippen LogP contribution in [0, 0.1) is 0 Å². The van der Waals surface area contributed by atoms with Crippen molar-refractivity contribution in [3.8, 4) is 17.5 Å². The Morgan fingerprint density at radius 3 is 2.58 bits per heavy atom. The normalized spacial score (nSPS) is 17.2. The Hall–Kier alpha value is -2.67. The molecule has 1 aliphatic heterocycles. The Morgan fingerprint density at radius 2 is 1.91 bits per heavy atom. The van der Waals surface area contributed by atoms with Gasteiger partial charge in [-0.2, -0.15) is 0 Å². The summed E-state index contributed by atoms with van der Waals surface area (Å²) >= 11 is 14.7. The summed E-state index contributed by atoms with van der Waals surface area (Å²) in [6.07, 6.45) is 0. The van der Waals surface area contributed by atoms with Gasteiger partial charge in [-0.25, -0.2) is 9.78 Å². The van der Waals surface area contributed by atoms with Crippen LogP contribution in [0.5, 0.6) is 17.5 Å². The number of halogens is 2. The number of carbonyl (C=O) groups excluding carboxylic acids is 2. The molecule has 0 saturated carbocycles. The van der Waals surface area contributed by atoms with Crippen molar-refractivity contribution in [2.24, 2.45) is 4.99 Å². The largest absolute Gasteiger partial charge is 0.505 e. The third-order valence-electron chi connectivity index (χ3n) is 4.64. The van der Waals surface area contributed by atoms with Crippen LogP contribution in [0.2, 0.25) is 10.0 Å². The third kappa shape index (κ3) is 4.43. The third-order valence-corrected chi connectivity index (χ3v) is 7.88. The number of aromatic nitrogens is 2. The van der Waals surface area contributed by atoms with Crippen LogP contribution < -0.4 is 10.2 Å². The van der Waals surface area contributed by atoms with Gasteiger partial charge in [0.15, 0.2) is 5.75 Å². The number of nitrogens with zero attached hydrogens (tertiary/aromatic N) is 3. The second-order valence-corrected chi connectivity index (χ2v) is 10.9. The smallest absolute Gasteiger partial charge is 0.352 e. The van der Waals surface area contributed by atoms with E-state index in [-0.39, 0.29) is 15.8 Å². The first-order valence-corrected chi connectivity index (χ1v) is 11.7. The number of carbonyl (C=O) groups is 2. The summed E-state index contributed by atoms with van der Waals surface area (Å²) in [7, 11) is 0. The van der Waals surface area contributed by atoms with E-state index in [0.717, 1.165) is 12.1 Å². The second-order valence-electron chi connectivity index (χ2n) is 7.46. The molecule has 0 fully saturated rings. The number of phenols is 1. The molecule has 4 rings (SSSR count). The van der Waals surface area contributed by atoms with Crippen LogP contribution in [0.25, 0.3) is 10.2 Å². The number of aromatic hydroxyl groups is 3. The van der Waals surface area contributed by atoms with Crippen LogP contribution in [0.1, 0.15) is 18.9 Å². The maximum absolute atomic E-state index is 12.8. The monoisotopic (exact) mass is 530 g/mol. The Morgan fingerprint density at radius 1 is 1.24 bits per heavy atom. The van der Waals surface area contributed by atoms with Crippen LogP contribution in [-0.4, -0.2) is 59.3 Å². The van der Waals surface area contributed by atoms with Gasteiger partial charge in [0.05, 0.1) is 15.2 Å². The number of fused-ring (bicyclic) bond motifs is 1. The number of amides is 1. The van der Waals surface area contributed by atoms with Crippen molar-refractivity contribution >= 4 is 73.4 Å². The van der Waals surface area contributed by atoms with Crippen LogP contribution in [0.3, 0.4) is 0 Å². The van der Waals surface area contributed by atoms with E-state index in [2.05, 4.69) is 15.3 Å². The van der Waals surface area contributed by atoms with E-state index in [1.807, 2.05) is 13.8 Å². The number of hydrogen-bond donors (Lipinski definition) is 4. The molecule has 1 amide bonds. The molecule has 0 bridgehead atoms. The first-order valence-electron chi connectivity index (χ1n) is 9.31. The van der Waals surface area contributed by atoms with Crippen LogP contribution in [0.15, 0.2) is 23.2 Å². The summed E-state index contributed by atoms with van der Waals surface area (Å²) in [6.45, 7) is 3.15. The highest BCUT2D eigenvalue weighted by Crippen LogP contribution is 2.44. The van der Waals surface area contributed by atoms with Gasteiger partial charge in [0.25, 0.3) is 0 Å². The number of thioether (sulfide) groups is 1. The number of aliphatic imine (C=N–C) groups is 1. The standard InChI is InChI=1S/C19H16Cl2N4O6S2/c1-19(2)15(16(30)22-6-11(28)31-25-9(26)3-4-10(25)27)24-18(33-19)17-23-8-5-7(20)13(29)12(21)14(8)32-17/h3-5,15,26-27,29H,6H2,1-2H3,(H,22,30). The summed E-state index contributed by atoms with van der Waals surface area (Å²) in [4.78, 5) is 38.5. The minimum Gasteiger partial charge on any atom is -0.505 e. The molecule has 2 aromatic heterocycles. The van der Waals surface area contributed by atoms with Gasteiger partial charge < -0.3 is 25.5 Å². The topological polar surface area (TPSA) is 146 Å². The molecule has 0 spiro atoms. The summed E-state index contributed by atoms with van der Waals surface area (Å²) in [6, 6.07) is 2.94. The maximum Gasteiger partial charge on any atom is 0.352 e.